The molecule has 0 radical (unpaired) electrons. The third-order valence-corrected chi connectivity index (χ3v) is 3.13. The Labute approximate surface area is 102 Å². The summed E-state index contributed by atoms with van der Waals surface area (Å²) in [6, 6.07) is 1.98. The molecule has 2 unspecified atom stereocenters. The van der Waals surface area contributed by atoms with Crippen molar-refractivity contribution in [3.05, 3.63) is 35.4 Å². The van der Waals surface area contributed by atoms with Crippen molar-refractivity contribution in [3.63, 3.8) is 0 Å². The molecule has 0 aliphatic carbocycles. The van der Waals surface area contributed by atoms with Gasteiger partial charge in [-0.1, -0.05) is 0 Å². The Hall–Kier alpha value is -1.98. The lowest BCUT2D eigenvalue weighted by atomic mass is 9.94. The van der Waals surface area contributed by atoms with Crippen molar-refractivity contribution < 1.29 is 23.5 Å². The predicted molar refractivity (Wildman–Crippen MR) is 57.6 cm³/mol. The average molecular weight is 255 g/mol. The zero-order valence-corrected chi connectivity index (χ0v) is 9.56. The van der Waals surface area contributed by atoms with Crippen LogP contribution in [0.1, 0.15) is 18.0 Å². The van der Waals surface area contributed by atoms with E-state index < -0.39 is 29.6 Å². The SMILES string of the molecule is CN1C(=O)CC(C(=O)O)C1c1cc(F)cc(F)c1. The van der Waals surface area contributed by atoms with Crippen LogP contribution in [0.5, 0.6) is 0 Å². The van der Waals surface area contributed by atoms with Gasteiger partial charge >= 0.3 is 5.97 Å². The van der Waals surface area contributed by atoms with Crippen LogP contribution in [0.3, 0.4) is 0 Å². The Kier molecular flexibility index (Phi) is 3.02. The summed E-state index contributed by atoms with van der Waals surface area (Å²) in [6.45, 7) is 0. The molecule has 1 heterocycles. The molecule has 6 heteroatoms. The summed E-state index contributed by atoms with van der Waals surface area (Å²) in [6.07, 6.45) is -0.158. The number of likely N-dealkylation sites (tertiary alicyclic amines) is 1. The summed E-state index contributed by atoms with van der Waals surface area (Å²) in [5.74, 6) is -4.06. The topological polar surface area (TPSA) is 57.6 Å². The van der Waals surface area contributed by atoms with Crippen LogP contribution in [0.4, 0.5) is 8.78 Å². The van der Waals surface area contributed by atoms with E-state index >= 15 is 0 Å². The van der Waals surface area contributed by atoms with Crippen molar-refractivity contribution >= 4 is 11.9 Å². The zero-order chi connectivity index (χ0) is 13.4. The molecule has 1 amide bonds. The van der Waals surface area contributed by atoms with E-state index in [2.05, 4.69) is 0 Å². The number of benzene rings is 1. The number of nitrogens with zero attached hydrogens (tertiary/aromatic N) is 1. The van der Waals surface area contributed by atoms with Crippen LogP contribution in [-0.2, 0) is 9.59 Å². The van der Waals surface area contributed by atoms with Crippen molar-refractivity contribution in [2.24, 2.45) is 5.92 Å². The summed E-state index contributed by atoms with van der Waals surface area (Å²) < 4.78 is 26.3. The summed E-state index contributed by atoms with van der Waals surface area (Å²) in [5, 5.41) is 9.05. The fourth-order valence-electron chi connectivity index (χ4n) is 2.29. The number of carboxylic acid groups (broad SMARTS) is 1. The molecule has 4 nitrogen and oxygen atoms in total. The van der Waals surface area contributed by atoms with Crippen LogP contribution in [0.2, 0.25) is 0 Å². The summed E-state index contributed by atoms with van der Waals surface area (Å²) in [5.41, 5.74) is 0.160. The minimum Gasteiger partial charge on any atom is -0.481 e. The molecule has 1 aromatic carbocycles. The van der Waals surface area contributed by atoms with Gasteiger partial charge in [-0.15, -0.1) is 0 Å². The van der Waals surface area contributed by atoms with Crippen molar-refractivity contribution in [2.45, 2.75) is 12.5 Å². The molecule has 1 aromatic rings. The lowest BCUT2D eigenvalue weighted by Gasteiger charge is -2.23. The van der Waals surface area contributed by atoms with Gasteiger partial charge in [-0.05, 0) is 17.7 Å². The first kappa shape index (κ1) is 12.5. The molecule has 0 spiro atoms. The van der Waals surface area contributed by atoms with Gasteiger partial charge in [-0.25, -0.2) is 8.78 Å². The van der Waals surface area contributed by atoms with Crippen LogP contribution in [0.15, 0.2) is 18.2 Å². The van der Waals surface area contributed by atoms with E-state index in [1.54, 1.807) is 0 Å². The molecule has 2 rings (SSSR count). The van der Waals surface area contributed by atoms with Crippen molar-refractivity contribution in [1.82, 2.24) is 4.90 Å². The van der Waals surface area contributed by atoms with Gasteiger partial charge in [0, 0.05) is 19.5 Å². The number of hydrogen-bond acceptors (Lipinski definition) is 2. The predicted octanol–water partition coefficient (Wildman–Crippen LogP) is 1.57. The molecular weight excluding hydrogens is 244 g/mol. The molecule has 0 aromatic heterocycles. The van der Waals surface area contributed by atoms with Crippen LogP contribution >= 0.6 is 0 Å². The first-order valence-electron chi connectivity index (χ1n) is 5.34. The second-order valence-electron chi connectivity index (χ2n) is 4.30. The summed E-state index contributed by atoms with van der Waals surface area (Å²) >= 11 is 0. The van der Waals surface area contributed by atoms with Gasteiger partial charge in [-0.2, -0.15) is 0 Å². The molecule has 1 aliphatic heterocycles. The number of carboxylic acids is 1. The van der Waals surface area contributed by atoms with E-state index in [9.17, 15) is 18.4 Å². The van der Waals surface area contributed by atoms with Gasteiger partial charge in [0.15, 0.2) is 0 Å². The monoisotopic (exact) mass is 255 g/mol. The van der Waals surface area contributed by atoms with Crippen molar-refractivity contribution in [2.75, 3.05) is 7.05 Å². The van der Waals surface area contributed by atoms with Crippen molar-refractivity contribution in [3.8, 4) is 0 Å². The Morgan fingerprint density at radius 1 is 1.33 bits per heavy atom. The Bertz CT molecular complexity index is 498. The minimum atomic E-state index is -1.15. The minimum absolute atomic E-state index is 0.158. The Balaban J connectivity index is 2.45. The molecule has 0 bridgehead atoms. The van der Waals surface area contributed by atoms with E-state index in [0.29, 0.717) is 6.07 Å². The molecule has 1 aliphatic rings. The summed E-state index contributed by atoms with van der Waals surface area (Å²) in [7, 11) is 1.43. The van der Waals surface area contributed by atoms with Crippen LogP contribution < -0.4 is 0 Å². The van der Waals surface area contributed by atoms with E-state index in [1.165, 1.54) is 11.9 Å². The van der Waals surface area contributed by atoms with E-state index in [4.69, 9.17) is 5.11 Å². The summed E-state index contributed by atoms with van der Waals surface area (Å²) in [4.78, 5) is 23.8. The standard InChI is InChI=1S/C12H11F2NO3/c1-15-10(16)5-9(12(17)18)11(15)6-2-7(13)4-8(14)3-6/h2-4,9,11H,5H2,1H3,(H,17,18). The smallest absolute Gasteiger partial charge is 0.309 e. The number of carbonyl (C=O) groups is 2. The molecule has 96 valence electrons. The lowest BCUT2D eigenvalue weighted by Crippen LogP contribution is -2.27. The molecule has 1 N–H and O–H groups in total. The molecular formula is C12H11F2NO3. The largest absolute Gasteiger partial charge is 0.481 e. The number of amides is 1. The number of halogens is 2. The van der Waals surface area contributed by atoms with Gasteiger partial charge in [0.2, 0.25) is 5.91 Å². The zero-order valence-electron chi connectivity index (χ0n) is 9.56. The normalized spacial score (nSPS) is 23.5. The molecule has 1 saturated heterocycles. The van der Waals surface area contributed by atoms with Crippen LogP contribution in [-0.4, -0.2) is 28.9 Å². The molecule has 0 saturated carbocycles. The Morgan fingerprint density at radius 3 is 2.39 bits per heavy atom. The van der Waals surface area contributed by atoms with Crippen LogP contribution in [0.25, 0.3) is 0 Å². The highest BCUT2D eigenvalue weighted by Crippen LogP contribution is 2.37. The number of aliphatic carboxylic acids is 1. The maximum atomic E-state index is 13.1. The van der Waals surface area contributed by atoms with Gasteiger partial charge in [0.05, 0.1) is 12.0 Å². The maximum absolute atomic E-state index is 13.1. The molecule has 18 heavy (non-hydrogen) atoms. The number of carbonyl (C=O) groups excluding carboxylic acids is 1. The second-order valence-corrected chi connectivity index (χ2v) is 4.30. The quantitative estimate of drug-likeness (QED) is 0.872. The highest BCUT2D eigenvalue weighted by Gasteiger charge is 2.43. The third kappa shape index (κ3) is 2.05. The second kappa shape index (κ2) is 4.36. The number of hydrogen-bond donors (Lipinski definition) is 1. The maximum Gasteiger partial charge on any atom is 0.309 e. The molecule has 1 fully saturated rings. The third-order valence-electron chi connectivity index (χ3n) is 3.13. The fraction of sp³-hybridized carbons (Fsp3) is 0.333. The van der Waals surface area contributed by atoms with E-state index in [0.717, 1.165) is 12.1 Å². The Morgan fingerprint density at radius 2 is 1.89 bits per heavy atom. The van der Waals surface area contributed by atoms with Crippen molar-refractivity contribution in [1.29, 1.82) is 0 Å². The van der Waals surface area contributed by atoms with Crippen LogP contribution in [0, 0.1) is 17.6 Å². The van der Waals surface area contributed by atoms with Gasteiger partial charge in [0.25, 0.3) is 0 Å². The lowest BCUT2D eigenvalue weighted by molar-refractivity contribution is -0.142. The highest BCUT2D eigenvalue weighted by atomic mass is 19.1. The average Bonchev–Trinajstić information content (AvgIpc) is 2.54. The van der Waals surface area contributed by atoms with Gasteiger partial charge < -0.3 is 10.0 Å². The van der Waals surface area contributed by atoms with E-state index in [1.807, 2.05) is 0 Å². The fourth-order valence-corrected chi connectivity index (χ4v) is 2.29. The molecule has 2 atom stereocenters. The van der Waals surface area contributed by atoms with Gasteiger partial charge in [-0.3, -0.25) is 9.59 Å². The first-order chi connectivity index (χ1) is 8.40. The van der Waals surface area contributed by atoms with Gasteiger partial charge in [0.1, 0.15) is 11.6 Å². The van der Waals surface area contributed by atoms with E-state index in [-0.39, 0.29) is 17.9 Å². The number of rotatable bonds is 2. The first-order valence-corrected chi connectivity index (χ1v) is 5.34. The highest BCUT2D eigenvalue weighted by molar-refractivity contribution is 5.87.